The first-order valence-electron chi connectivity index (χ1n) is 8.17. The molecule has 0 bridgehead atoms. The molecule has 3 aromatic rings. The number of rotatable bonds is 8. The Morgan fingerprint density at radius 3 is 2.62 bits per heavy atom. The molecule has 0 aliphatic carbocycles. The highest BCUT2D eigenvalue weighted by Gasteiger charge is 2.09. The largest absolute Gasteiger partial charge is 0.490 e. The summed E-state index contributed by atoms with van der Waals surface area (Å²) in [5.41, 5.74) is 4.17. The van der Waals surface area contributed by atoms with E-state index in [1.165, 1.54) is 11.3 Å². The Labute approximate surface area is 156 Å². The van der Waals surface area contributed by atoms with E-state index < -0.39 is 5.97 Å². The predicted octanol–water partition coefficient (Wildman–Crippen LogP) is 4.27. The van der Waals surface area contributed by atoms with E-state index in [1.807, 2.05) is 36.6 Å². The molecule has 0 saturated heterocycles. The van der Waals surface area contributed by atoms with Crippen molar-refractivity contribution in [2.75, 3.05) is 13.2 Å². The quantitative estimate of drug-likeness (QED) is 0.438. The highest BCUT2D eigenvalue weighted by atomic mass is 32.1. The van der Waals surface area contributed by atoms with Crippen LogP contribution < -0.4 is 9.47 Å². The molecule has 26 heavy (non-hydrogen) atoms. The molecule has 3 rings (SSSR count). The molecular weight excluding hydrogens is 350 g/mol. The van der Waals surface area contributed by atoms with Gasteiger partial charge in [-0.1, -0.05) is 18.2 Å². The fourth-order valence-corrected chi connectivity index (χ4v) is 2.80. The molecule has 0 saturated carbocycles. The third-order valence-electron chi connectivity index (χ3n) is 3.51. The zero-order chi connectivity index (χ0) is 18.2. The van der Waals surface area contributed by atoms with Crippen molar-refractivity contribution in [3.63, 3.8) is 0 Å². The first kappa shape index (κ1) is 17.9. The summed E-state index contributed by atoms with van der Waals surface area (Å²) in [6, 6.07) is 14.6. The predicted molar refractivity (Wildman–Crippen MR) is 99.8 cm³/mol. The van der Waals surface area contributed by atoms with Gasteiger partial charge in [-0.2, -0.15) is 0 Å². The van der Waals surface area contributed by atoms with Gasteiger partial charge in [-0.3, -0.25) is 0 Å². The average Bonchev–Trinajstić information content (AvgIpc) is 3.17. The first-order chi connectivity index (χ1) is 12.7. The maximum Gasteiger partial charge on any atom is 0.338 e. The molecule has 0 aliphatic heterocycles. The van der Waals surface area contributed by atoms with Crippen LogP contribution in [0.5, 0.6) is 11.5 Å². The summed E-state index contributed by atoms with van der Waals surface area (Å²) in [7, 11) is 0. The molecule has 0 amide bonds. The van der Waals surface area contributed by atoms with Crippen molar-refractivity contribution in [2.45, 2.75) is 13.5 Å². The second kappa shape index (κ2) is 9.01. The molecule has 0 spiro atoms. The van der Waals surface area contributed by atoms with Crippen LogP contribution >= 0.6 is 11.3 Å². The number of nitrogens with zero attached hydrogens (tertiary/aromatic N) is 1. The van der Waals surface area contributed by atoms with Crippen molar-refractivity contribution >= 4 is 17.3 Å². The van der Waals surface area contributed by atoms with Gasteiger partial charge in [-0.15, -0.1) is 11.3 Å². The molecule has 5 nitrogen and oxygen atoms in total. The number of ether oxygens (including phenoxy) is 3. The second-order valence-electron chi connectivity index (χ2n) is 5.60. The number of hydrogen-bond acceptors (Lipinski definition) is 6. The fourth-order valence-electron chi connectivity index (χ4n) is 2.26. The van der Waals surface area contributed by atoms with Gasteiger partial charge in [0.25, 0.3) is 0 Å². The highest BCUT2D eigenvalue weighted by molar-refractivity contribution is 7.07. The SMILES string of the molecule is Cc1cccc(OCCOC(=O)c2cccc(OCc3cscn3)c2)c1. The summed E-state index contributed by atoms with van der Waals surface area (Å²) in [5.74, 6) is 0.957. The minimum Gasteiger partial charge on any atom is -0.490 e. The van der Waals surface area contributed by atoms with Crippen molar-refractivity contribution in [3.8, 4) is 11.5 Å². The average molecular weight is 369 g/mol. The molecule has 6 heteroatoms. The standard InChI is InChI=1S/C20H19NO4S/c1-15-4-2-6-18(10-15)23-8-9-24-20(22)16-5-3-7-19(11-16)25-12-17-13-26-14-21-17/h2-7,10-11,13-14H,8-9,12H2,1H3. The van der Waals surface area contributed by atoms with Gasteiger partial charge < -0.3 is 14.2 Å². The van der Waals surface area contributed by atoms with E-state index in [4.69, 9.17) is 14.2 Å². The van der Waals surface area contributed by atoms with Crippen LogP contribution in [-0.4, -0.2) is 24.2 Å². The van der Waals surface area contributed by atoms with Crippen LogP contribution in [0.3, 0.4) is 0 Å². The topological polar surface area (TPSA) is 57.7 Å². The summed E-state index contributed by atoms with van der Waals surface area (Å²) >= 11 is 1.52. The number of aryl methyl sites for hydroxylation is 1. The normalized spacial score (nSPS) is 10.3. The summed E-state index contributed by atoms with van der Waals surface area (Å²) in [6.45, 7) is 2.84. The number of benzene rings is 2. The Morgan fingerprint density at radius 2 is 1.85 bits per heavy atom. The van der Waals surface area contributed by atoms with E-state index >= 15 is 0 Å². The lowest BCUT2D eigenvalue weighted by Gasteiger charge is -2.09. The van der Waals surface area contributed by atoms with Gasteiger partial charge in [-0.25, -0.2) is 9.78 Å². The Hall–Kier alpha value is -2.86. The number of carbonyl (C=O) groups excluding carboxylic acids is 1. The van der Waals surface area contributed by atoms with Gasteiger partial charge >= 0.3 is 5.97 Å². The van der Waals surface area contributed by atoms with Gasteiger partial charge in [0.05, 0.1) is 16.8 Å². The summed E-state index contributed by atoms with van der Waals surface area (Å²) in [6.07, 6.45) is 0. The van der Waals surface area contributed by atoms with Crippen molar-refractivity contribution in [3.05, 3.63) is 76.2 Å². The Kier molecular flexibility index (Phi) is 6.22. The molecule has 0 fully saturated rings. The van der Waals surface area contributed by atoms with Crippen LogP contribution in [0.4, 0.5) is 0 Å². The van der Waals surface area contributed by atoms with Crippen molar-refractivity contribution in [1.82, 2.24) is 4.98 Å². The van der Waals surface area contributed by atoms with Crippen molar-refractivity contribution in [2.24, 2.45) is 0 Å². The maximum absolute atomic E-state index is 12.2. The summed E-state index contributed by atoms with van der Waals surface area (Å²) in [5, 5.41) is 1.92. The molecule has 0 radical (unpaired) electrons. The van der Waals surface area contributed by atoms with Crippen LogP contribution in [0.15, 0.2) is 59.4 Å². The van der Waals surface area contributed by atoms with Crippen LogP contribution in [0.2, 0.25) is 0 Å². The van der Waals surface area contributed by atoms with E-state index in [-0.39, 0.29) is 6.61 Å². The zero-order valence-corrected chi connectivity index (χ0v) is 15.2. The van der Waals surface area contributed by atoms with Gasteiger partial charge in [0.1, 0.15) is 31.3 Å². The first-order valence-corrected chi connectivity index (χ1v) is 9.11. The zero-order valence-electron chi connectivity index (χ0n) is 14.4. The van der Waals surface area contributed by atoms with Gasteiger partial charge in [0.15, 0.2) is 0 Å². The van der Waals surface area contributed by atoms with Crippen molar-refractivity contribution in [1.29, 1.82) is 0 Å². The van der Waals surface area contributed by atoms with Crippen molar-refractivity contribution < 1.29 is 19.0 Å². The van der Waals surface area contributed by atoms with Gasteiger partial charge in [0, 0.05) is 5.38 Å². The molecule has 0 N–H and O–H groups in total. The molecule has 0 atom stereocenters. The van der Waals surface area contributed by atoms with Crippen LogP contribution in [-0.2, 0) is 11.3 Å². The number of carbonyl (C=O) groups is 1. The van der Waals surface area contributed by atoms with E-state index in [1.54, 1.807) is 29.8 Å². The second-order valence-corrected chi connectivity index (χ2v) is 6.32. The summed E-state index contributed by atoms with van der Waals surface area (Å²) in [4.78, 5) is 16.3. The maximum atomic E-state index is 12.2. The minimum absolute atomic E-state index is 0.177. The number of aromatic nitrogens is 1. The van der Waals surface area contributed by atoms with E-state index in [0.29, 0.717) is 24.5 Å². The Bertz CT molecular complexity index is 849. The minimum atomic E-state index is -0.406. The highest BCUT2D eigenvalue weighted by Crippen LogP contribution is 2.16. The smallest absolute Gasteiger partial charge is 0.338 e. The molecule has 134 valence electrons. The van der Waals surface area contributed by atoms with Gasteiger partial charge in [0.2, 0.25) is 0 Å². The lowest BCUT2D eigenvalue weighted by Crippen LogP contribution is -2.12. The number of thiazole rings is 1. The van der Waals surface area contributed by atoms with E-state index in [2.05, 4.69) is 4.98 Å². The third-order valence-corrected chi connectivity index (χ3v) is 4.15. The molecule has 1 aromatic heterocycles. The monoisotopic (exact) mass is 369 g/mol. The van der Waals surface area contributed by atoms with Crippen LogP contribution in [0.1, 0.15) is 21.6 Å². The van der Waals surface area contributed by atoms with Crippen LogP contribution in [0.25, 0.3) is 0 Å². The molecule has 2 aromatic carbocycles. The Morgan fingerprint density at radius 1 is 1.04 bits per heavy atom. The lowest BCUT2D eigenvalue weighted by molar-refractivity contribution is 0.0450. The summed E-state index contributed by atoms with van der Waals surface area (Å²) < 4.78 is 16.5. The molecule has 0 unspecified atom stereocenters. The fraction of sp³-hybridized carbons (Fsp3) is 0.200. The van der Waals surface area contributed by atoms with E-state index in [9.17, 15) is 4.79 Å². The Balaban J connectivity index is 1.46. The van der Waals surface area contributed by atoms with E-state index in [0.717, 1.165) is 17.0 Å². The molecular formula is C20H19NO4S. The number of hydrogen-bond donors (Lipinski definition) is 0. The van der Waals surface area contributed by atoms with Gasteiger partial charge in [-0.05, 0) is 42.8 Å². The lowest BCUT2D eigenvalue weighted by atomic mass is 10.2. The van der Waals surface area contributed by atoms with Crippen LogP contribution in [0, 0.1) is 6.92 Å². The third kappa shape index (κ3) is 5.32. The molecule has 0 aliphatic rings. The molecule has 1 heterocycles. The number of esters is 1.